The van der Waals surface area contributed by atoms with Crippen LogP contribution in [-0.2, 0) is 0 Å². The molecule has 134 valence electrons. The summed E-state index contributed by atoms with van der Waals surface area (Å²) in [6.07, 6.45) is 3.84. The largest absolute Gasteiger partial charge is 0.497 e. The van der Waals surface area contributed by atoms with Gasteiger partial charge in [0.25, 0.3) is 0 Å². The number of ether oxygens (including phenoxy) is 1. The number of anilines is 1. The van der Waals surface area contributed by atoms with Crippen molar-refractivity contribution in [3.63, 3.8) is 0 Å². The zero-order valence-corrected chi connectivity index (χ0v) is 14.8. The Bertz CT molecular complexity index is 877. The monoisotopic (exact) mass is 349 g/mol. The van der Waals surface area contributed by atoms with E-state index in [2.05, 4.69) is 23.5 Å². The maximum atomic E-state index is 11.8. The molecule has 0 aromatic heterocycles. The molecular weight excluding hydrogens is 326 g/mol. The Kier molecular flexibility index (Phi) is 3.49. The SMILES string of the molecule is COc1cccc([C@@H]2Nc3c(C(=O)O)cccc3[C@@H]3[C@H]4CC[C@@H](C4)[C@@H]32)c1. The zero-order chi connectivity index (χ0) is 17.8. The van der Waals surface area contributed by atoms with E-state index in [-0.39, 0.29) is 6.04 Å². The van der Waals surface area contributed by atoms with E-state index in [1.165, 1.54) is 30.4 Å². The van der Waals surface area contributed by atoms with Crippen molar-refractivity contribution < 1.29 is 14.6 Å². The molecule has 0 unspecified atom stereocenters. The molecule has 5 atom stereocenters. The molecule has 1 aliphatic heterocycles. The Balaban J connectivity index is 1.66. The van der Waals surface area contributed by atoms with Crippen LogP contribution >= 0.6 is 0 Å². The molecule has 2 bridgehead atoms. The van der Waals surface area contributed by atoms with Crippen LogP contribution < -0.4 is 10.1 Å². The second kappa shape index (κ2) is 5.76. The molecule has 2 fully saturated rings. The molecule has 1 heterocycles. The average molecular weight is 349 g/mol. The number of carboxylic acid groups (broad SMARTS) is 1. The lowest BCUT2D eigenvalue weighted by Crippen LogP contribution is -2.36. The van der Waals surface area contributed by atoms with Gasteiger partial charge in [0.15, 0.2) is 0 Å². The van der Waals surface area contributed by atoms with Crippen LogP contribution in [0.4, 0.5) is 5.69 Å². The summed E-state index contributed by atoms with van der Waals surface area (Å²) in [5.41, 5.74) is 3.61. The highest BCUT2D eigenvalue weighted by Gasteiger charge is 2.54. The fourth-order valence-electron chi connectivity index (χ4n) is 5.86. The highest BCUT2D eigenvalue weighted by molar-refractivity contribution is 5.95. The maximum absolute atomic E-state index is 11.8. The molecule has 4 nitrogen and oxygen atoms in total. The van der Waals surface area contributed by atoms with Gasteiger partial charge in [-0.1, -0.05) is 24.3 Å². The molecule has 0 amide bonds. The number of rotatable bonds is 3. The van der Waals surface area contributed by atoms with Gasteiger partial charge in [0.1, 0.15) is 5.75 Å². The quantitative estimate of drug-likeness (QED) is 0.844. The van der Waals surface area contributed by atoms with Crippen molar-refractivity contribution in [3.05, 3.63) is 59.2 Å². The Morgan fingerprint density at radius 1 is 1.15 bits per heavy atom. The van der Waals surface area contributed by atoms with Crippen molar-refractivity contribution >= 4 is 11.7 Å². The fourth-order valence-corrected chi connectivity index (χ4v) is 5.86. The number of hydrogen-bond acceptors (Lipinski definition) is 3. The first-order valence-electron chi connectivity index (χ1n) is 9.44. The second-order valence-electron chi connectivity index (χ2n) is 7.91. The third-order valence-corrected chi connectivity index (χ3v) is 6.80. The van der Waals surface area contributed by atoms with Gasteiger partial charge in [-0.3, -0.25) is 0 Å². The van der Waals surface area contributed by atoms with Crippen molar-refractivity contribution in [2.45, 2.75) is 31.2 Å². The first kappa shape index (κ1) is 15.7. The number of hydrogen-bond donors (Lipinski definition) is 2. The van der Waals surface area contributed by atoms with Gasteiger partial charge in [-0.2, -0.15) is 0 Å². The van der Waals surface area contributed by atoms with Crippen molar-refractivity contribution in [1.29, 1.82) is 0 Å². The number of carboxylic acids is 1. The topological polar surface area (TPSA) is 58.6 Å². The smallest absolute Gasteiger partial charge is 0.337 e. The Labute approximate surface area is 153 Å². The van der Waals surface area contributed by atoms with Crippen molar-refractivity contribution in [2.24, 2.45) is 17.8 Å². The Hall–Kier alpha value is -2.49. The lowest BCUT2D eigenvalue weighted by molar-refractivity contribution is 0.0697. The molecule has 2 aromatic carbocycles. The minimum atomic E-state index is -0.861. The fraction of sp³-hybridized carbons (Fsp3) is 0.409. The third-order valence-electron chi connectivity index (χ3n) is 6.80. The predicted molar refractivity (Wildman–Crippen MR) is 99.8 cm³/mol. The number of nitrogens with one attached hydrogen (secondary N) is 1. The van der Waals surface area contributed by atoms with Gasteiger partial charge in [0.2, 0.25) is 0 Å². The number of fused-ring (bicyclic) bond motifs is 7. The van der Waals surface area contributed by atoms with Gasteiger partial charge >= 0.3 is 5.97 Å². The summed E-state index contributed by atoms with van der Waals surface area (Å²) in [5, 5.41) is 13.3. The molecule has 2 saturated carbocycles. The lowest BCUT2D eigenvalue weighted by Gasteiger charge is -2.44. The number of benzene rings is 2. The first-order chi connectivity index (χ1) is 12.7. The van der Waals surface area contributed by atoms with E-state index in [0.29, 0.717) is 23.3 Å². The van der Waals surface area contributed by atoms with Gasteiger partial charge in [-0.15, -0.1) is 0 Å². The predicted octanol–water partition coefficient (Wildman–Crippen LogP) is 4.69. The maximum Gasteiger partial charge on any atom is 0.337 e. The standard InChI is InChI=1S/C22H23NO3/c1-26-15-5-2-4-14(11-15)20-19-13-9-8-12(10-13)18(19)16-6-3-7-17(22(24)25)21(16)23-20/h2-7,11-13,18-20,23H,8-10H2,1H3,(H,24,25)/t12-,13-,18-,19-,20-/m0/s1. The van der Waals surface area contributed by atoms with E-state index in [0.717, 1.165) is 17.4 Å². The van der Waals surface area contributed by atoms with E-state index in [9.17, 15) is 9.90 Å². The summed E-state index contributed by atoms with van der Waals surface area (Å²) in [4.78, 5) is 11.8. The molecule has 2 aliphatic carbocycles. The van der Waals surface area contributed by atoms with Crippen LogP contribution in [0.2, 0.25) is 0 Å². The molecule has 2 aromatic rings. The number of para-hydroxylation sites is 1. The minimum Gasteiger partial charge on any atom is -0.497 e. The summed E-state index contributed by atoms with van der Waals surface area (Å²) in [5.74, 6) is 2.37. The Morgan fingerprint density at radius 2 is 1.96 bits per heavy atom. The van der Waals surface area contributed by atoms with Crippen molar-refractivity contribution in [3.8, 4) is 5.75 Å². The first-order valence-corrected chi connectivity index (χ1v) is 9.44. The van der Waals surface area contributed by atoms with Gasteiger partial charge in [-0.25, -0.2) is 4.79 Å². The lowest BCUT2D eigenvalue weighted by atomic mass is 9.67. The summed E-state index contributed by atoms with van der Waals surface area (Å²) >= 11 is 0. The zero-order valence-electron chi connectivity index (χ0n) is 14.8. The molecule has 0 saturated heterocycles. The number of methoxy groups -OCH3 is 1. The van der Waals surface area contributed by atoms with E-state index >= 15 is 0 Å². The van der Waals surface area contributed by atoms with E-state index in [1.54, 1.807) is 13.2 Å². The van der Waals surface area contributed by atoms with Crippen LogP contribution in [-0.4, -0.2) is 18.2 Å². The molecular formula is C22H23NO3. The van der Waals surface area contributed by atoms with Gasteiger partial charge < -0.3 is 15.2 Å². The molecule has 0 spiro atoms. The van der Waals surface area contributed by atoms with Crippen molar-refractivity contribution in [1.82, 2.24) is 0 Å². The van der Waals surface area contributed by atoms with Crippen LogP contribution in [0.25, 0.3) is 0 Å². The van der Waals surface area contributed by atoms with Gasteiger partial charge in [-0.05, 0) is 72.3 Å². The molecule has 3 aliphatic rings. The molecule has 26 heavy (non-hydrogen) atoms. The van der Waals surface area contributed by atoms with Crippen LogP contribution in [0.1, 0.15) is 52.7 Å². The molecule has 0 radical (unpaired) electrons. The van der Waals surface area contributed by atoms with E-state index in [4.69, 9.17) is 4.74 Å². The van der Waals surface area contributed by atoms with Crippen LogP contribution in [0, 0.1) is 17.8 Å². The highest BCUT2D eigenvalue weighted by Crippen LogP contribution is 2.64. The normalized spacial score (nSPS) is 31.0. The average Bonchev–Trinajstić information content (AvgIpc) is 3.29. The van der Waals surface area contributed by atoms with Crippen LogP contribution in [0.3, 0.4) is 0 Å². The van der Waals surface area contributed by atoms with Crippen LogP contribution in [0.15, 0.2) is 42.5 Å². The highest BCUT2D eigenvalue weighted by atomic mass is 16.5. The molecule has 4 heteroatoms. The molecule has 2 N–H and O–H groups in total. The number of aromatic carboxylic acids is 1. The number of carbonyl (C=O) groups is 1. The summed E-state index contributed by atoms with van der Waals surface area (Å²) < 4.78 is 5.43. The molecule has 5 rings (SSSR count). The van der Waals surface area contributed by atoms with Crippen molar-refractivity contribution in [2.75, 3.05) is 12.4 Å². The minimum absolute atomic E-state index is 0.137. The summed E-state index contributed by atoms with van der Waals surface area (Å²) in [6, 6.07) is 14.1. The van der Waals surface area contributed by atoms with E-state index < -0.39 is 5.97 Å². The summed E-state index contributed by atoms with van der Waals surface area (Å²) in [7, 11) is 1.69. The second-order valence-corrected chi connectivity index (χ2v) is 7.91. The van der Waals surface area contributed by atoms with Gasteiger partial charge in [0, 0.05) is 0 Å². The summed E-state index contributed by atoms with van der Waals surface area (Å²) in [6.45, 7) is 0. The van der Waals surface area contributed by atoms with E-state index in [1.807, 2.05) is 18.2 Å². The Morgan fingerprint density at radius 3 is 2.77 bits per heavy atom. The third kappa shape index (κ3) is 2.17. The van der Waals surface area contributed by atoms with Gasteiger partial charge in [0.05, 0.1) is 24.4 Å². The van der Waals surface area contributed by atoms with Crippen LogP contribution in [0.5, 0.6) is 5.75 Å².